The maximum atomic E-state index is 9.33. The fourth-order valence-corrected chi connectivity index (χ4v) is 1.47. The van der Waals surface area contributed by atoms with Crippen LogP contribution in [-0.2, 0) is 0 Å². The molecule has 1 aromatic carbocycles. The van der Waals surface area contributed by atoms with Crippen LogP contribution in [0.15, 0.2) is 12.1 Å². The van der Waals surface area contributed by atoms with Gasteiger partial charge < -0.3 is 10.2 Å². The van der Waals surface area contributed by atoms with E-state index >= 15 is 0 Å². The Kier molecular flexibility index (Phi) is 1.81. The zero-order valence-corrected chi connectivity index (χ0v) is 6.84. The Hall–Kier alpha value is -0.610. The fourth-order valence-electron chi connectivity index (χ4n) is 1.29. The van der Waals surface area contributed by atoms with E-state index in [1.165, 1.54) is 0 Å². The van der Waals surface area contributed by atoms with Crippen molar-refractivity contribution >= 4 is 11.6 Å². The molecule has 0 saturated carbocycles. The predicted octanol–water partition coefficient (Wildman–Crippen LogP) is 0.725. The second kappa shape index (κ2) is 2.71. The highest BCUT2D eigenvalue weighted by Crippen LogP contribution is 2.31. The number of fused-ring (bicyclic) bond motifs is 1. The Labute approximate surface area is 74.6 Å². The van der Waals surface area contributed by atoms with Gasteiger partial charge in [-0.3, -0.25) is 5.32 Å². The number of aliphatic hydroxyl groups excluding tert-OH is 2. The summed E-state index contributed by atoms with van der Waals surface area (Å²) in [5.74, 6) is 0. The van der Waals surface area contributed by atoms with Crippen molar-refractivity contribution in [3.8, 4) is 0 Å². The van der Waals surface area contributed by atoms with Gasteiger partial charge >= 0.3 is 0 Å². The molecule has 0 saturated heterocycles. The molecule has 3 N–H and O–H groups in total. The number of hydrogen-bond donors (Lipinski definition) is 3. The molecule has 1 heterocycles. The summed E-state index contributed by atoms with van der Waals surface area (Å²) < 4.78 is 0. The molecule has 12 heavy (non-hydrogen) atoms. The molecule has 3 nitrogen and oxygen atoms in total. The van der Waals surface area contributed by atoms with Crippen LogP contribution in [-0.4, -0.2) is 10.2 Å². The summed E-state index contributed by atoms with van der Waals surface area (Å²) in [6.45, 7) is 0. The highest BCUT2D eigenvalue weighted by Gasteiger charge is 2.26. The lowest BCUT2D eigenvalue weighted by atomic mass is 10.1. The Bertz CT molecular complexity index is 316. The number of hydrogen-bond acceptors (Lipinski definition) is 3. The number of nitrogens with one attached hydrogen (secondary N) is 1. The van der Waals surface area contributed by atoms with E-state index < -0.39 is 12.5 Å². The van der Waals surface area contributed by atoms with Crippen molar-refractivity contribution in [2.24, 2.45) is 0 Å². The molecule has 0 spiro atoms. The molecule has 2 rings (SSSR count). The van der Waals surface area contributed by atoms with Gasteiger partial charge in [0.25, 0.3) is 0 Å². The van der Waals surface area contributed by atoms with E-state index in [1.807, 2.05) is 0 Å². The van der Waals surface area contributed by atoms with Crippen LogP contribution < -0.4 is 5.32 Å². The van der Waals surface area contributed by atoms with Gasteiger partial charge in [-0.15, -0.1) is 0 Å². The lowest BCUT2D eigenvalue weighted by Gasteiger charge is -2.02. The first-order valence-corrected chi connectivity index (χ1v) is 3.89. The third kappa shape index (κ3) is 1.11. The van der Waals surface area contributed by atoms with E-state index in [2.05, 4.69) is 11.4 Å². The number of rotatable bonds is 0. The molecule has 2 unspecified atom stereocenters. The van der Waals surface area contributed by atoms with Gasteiger partial charge in [-0.05, 0) is 12.1 Å². The van der Waals surface area contributed by atoms with Crippen molar-refractivity contribution in [1.29, 1.82) is 0 Å². The van der Waals surface area contributed by atoms with Gasteiger partial charge in [0.15, 0.2) is 0 Å². The van der Waals surface area contributed by atoms with Crippen LogP contribution in [0.4, 0.5) is 0 Å². The highest BCUT2D eigenvalue weighted by molar-refractivity contribution is 6.30. The van der Waals surface area contributed by atoms with Crippen molar-refractivity contribution in [1.82, 2.24) is 5.32 Å². The van der Waals surface area contributed by atoms with Gasteiger partial charge in [0.05, 0.1) is 0 Å². The Balaban J connectivity index is 2.53. The van der Waals surface area contributed by atoms with Gasteiger partial charge in [0.2, 0.25) is 0 Å². The maximum Gasteiger partial charge on any atom is 0.133 e. The molecule has 0 amide bonds. The Morgan fingerprint density at radius 2 is 2.00 bits per heavy atom. The summed E-state index contributed by atoms with van der Waals surface area (Å²) >= 11 is 5.66. The molecule has 1 aliphatic rings. The minimum Gasteiger partial charge on any atom is -0.374 e. The molecule has 1 aliphatic heterocycles. The van der Waals surface area contributed by atoms with E-state index in [0.29, 0.717) is 16.1 Å². The minimum absolute atomic E-state index is 0.434. The first-order valence-electron chi connectivity index (χ1n) is 3.51. The maximum absolute atomic E-state index is 9.33. The van der Waals surface area contributed by atoms with Crippen LogP contribution in [0.25, 0.3) is 0 Å². The topological polar surface area (TPSA) is 52.5 Å². The molecule has 0 fully saturated rings. The average Bonchev–Trinajstić information content (AvgIpc) is 2.28. The van der Waals surface area contributed by atoms with Crippen LogP contribution in [0.2, 0.25) is 5.02 Å². The molecule has 1 aromatic rings. The zero-order valence-electron chi connectivity index (χ0n) is 6.08. The van der Waals surface area contributed by atoms with Gasteiger partial charge in [0.1, 0.15) is 12.5 Å². The smallest absolute Gasteiger partial charge is 0.133 e. The average molecular weight is 185 g/mol. The summed E-state index contributed by atoms with van der Waals surface area (Å²) in [4.78, 5) is 0. The molecule has 2 atom stereocenters. The summed E-state index contributed by atoms with van der Waals surface area (Å²) in [5, 5.41) is 21.6. The monoisotopic (exact) mass is 184 g/mol. The van der Waals surface area contributed by atoms with E-state index in [0.717, 1.165) is 0 Å². The number of aliphatic hydroxyl groups is 2. The molecule has 0 bridgehead atoms. The van der Waals surface area contributed by atoms with Gasteiger partial charge in [-0.2, -0.15) is 0 Å². The SMILES string of the molecule is OC1NC(O)c2cc(Cl)[c]cc21. The molecule has 0 aromatic heterocycles. The predicted molar refractivity (Wildman–Crippen MR) is 43.3 cm³/mol. The van der Waals surface area contributed by atoms with Crippen molar-refractivity contribution in [2.75, 3.05) is 0 Å². The summed E-state index contributed by atoms with van der Waals surface area (Å²) in [5.41, 5.74) is 1.25. The van der Waals surface area contributed by atoms with E-state index in [1.54, 1.807) is 12.1 Å². The van der Waals surface area contributed by atoms with Crippen molar-refractivity contribution < 1.29 is 10.2 Å². The summed E-state index contributed by atoms with van der Waals surface area (Å²) in [6, 6.07) is 5.90. The van der Waals surface area contributed by atoms with Gasteiger partial charge in [-0.1, -0.05) is 11.6 Å². The van der Waals surface area contributed by atoms with Crippen molar-refractivity contribution in [3.63, 3.8) is 0 Å². The van der Waals surface area contributed by atoms with Crippen molar-refractivity contribution in [3.05, 3.63) is 34.3 Å². The molecule has 0 aliphatic carbocycles. The van der Waals surface area contributed by atoms with Crippen LogP contribution in [0, 0.1) is 6.07 Å². The second-order valence-electron chi connectivity index (χ2n) is 2.66. The number of halogens is 1. The van der Waals surface area contributed by atoms with E-state index in [9.17, 15) is 10.2 Å². The summed E-state index contributed by atoms with van der Waals surface area (Å²) in [6.07, 6.45) is -1.65. The van der Waals surface area contributed by atoms with E-state index in [-0.39, 0.29) is 0 Å². The van der Waals surface area contributed by atoms with Crippen LogP contribution in [0.1, 0.15) is 23.6 Å². The lowest BCUT2D eigenvalue weighted by molar-refractivity contribution is 0.0671. The third-order valence-corrected chi connectivity index (χ3v) is 2.10. The zero-order chi connectivity index (χ0) is 8.72. The Morgan fingerprint density at radius 1 is 1.33 bits per heavy atom. The van der Waals surface area contributed by atoms with E-state index in [4.69, 9.17) is 11.6 Å². The standard InChI is InChI=1S/C8H7ClNO2/c9-4-1-2-5-6(3-4)8(12)10-7(5)11/h2-3,7-8,10-12H. The first-order chi connectivity index (χ1) is 5.68. The fraction of sp³-hybridized carbons (Fsp3) is 0.250. The molecular formula is C8H7ClNO2. The molecule has 1 radical (unpaired) electrons. The van der Waals surface area contributed by atoms with Crippen LogP contribution >= 0.6 is 11.6 Å². The number of benzene rings is 1. The summed E-state index contributed by atoms with van der Waals surface area (Å²) in [7, 11) is 0. The molecule has 4 heteroatoms. The quantitative estimate of drug-likeness (QED) is 0.557. The van der Waals surface area contributed by atoms with Gasteiger partial charge in [-0.25, -0.2) is 0 Å². The van der Waals surface area contributed by atoms with Crippen LogP contribution in [0.5, 0.6) is 0 Å². The lowest BCUT2D eigenvalue weighted by Crippen LogP contribution is -2.16. The van der Waals surface area contributed by atoms with Gasteiger partial charge in [0, 0.05) is 22.2 Å². The van der Waals surface area contributed by atoms with Crippen molar-refractivity contribution in [2.45, 2.75) is 12.5 Å². The minimum atomic E-state index is -0.831. The largest absolute Gasteiger partial charge is 0.374 e. The Morgan fingerprint density at radius 3 is 2.75 bits per heavy atom. The van der Waals surface area contributed by atoms with Crippen LogP contribution in [0.3, 0.4) is 0 Å². The third-order valence-electron chi connectivity index (χ3n) is 1.89. The highest BCUT2D eigenvalue weighted by atomic mass is 35.5. The normalized spacial score (nSPS) is 27.2. The molecule has 63 valence electrons. The molecular weight excluding hydrogens is 178 g/mol. The second-order valence-corrected chi connectivity index (χ2v) is 3.07. The first kappa shape index (κ1) is 8.01.